The molecular weight excluding hydrogens is 980 g/mol. The minimum absolute atomic E-state index is 0.00803. The van der Waals surface area contributed by atoms with Crippen LogP contribution in [0.15, 0.2) is 47.3 Å². The van der Waals surface area contributed by atoms with Gasteiger partial charge in [-0.15, -0.1) is 0 Å². The van der Waals surface area contributed by atoms with E-state index >= 15 is 0 Å². The van der Waals surface area contributed by atoms with Crippen LogP contribution in [0, 0.1) is 19.7 Å². The van der Waals surface area contributed by atoms with Crippen LogP contribution in [0.2, 0.25) is 0 Å². The number of hydrogen-bond donors (Lipinski definition) is 7. The number of aromatic nitrogens is 2. The van der Waals surface area contributed by atoms with Crippen molar-refractivity contribution in [2.75, 3.05) is 46.6 Å². The van der Waals surface area contributed by atoms with Crippen LogP contribution >= 0.6 is 12.6 Å². The first-order valence-electron chi connectivity index (χ1n) is 24.5. The lowest BCUT2D eigenvalue weighted by Gasteiger charge is -2.26. The Labute approximate surface area is 433 Å². The quantitative estimate of drug-likeness (QED) is 0.0247. The predicted molar refractivity (Wildman–Crippen MR) is 274 cm³/mol. The summed E-state index contributed by atoms with van der Waals surface area (Å²) < 4.78 is 25.8. The number of esters is 1. The molecule has 1 aliphatic carbocycles. The number of amides is 7. The smallest absolute Gasteiger partial charge is 0.340 e. The van der Waals surface area contributed by atoms with Gasteiger partial charge >= 0.3 is 5.97 Å². The highest BCUT2D eigenvalue weighted by Gasteiger charge is 2.37. The second kappa shape index (κ2) is 27.3. The fourth-order valence-corrected chi connectivity index (χ4v) is 9.00. The minimum atomic E-state index is -1.49. The maximum atomic E-state index is 14.6. The molecule has 3 aliphatic heterocycles. The molecule has 5 heterocycles. The number of methoxy groups -OCH3 is 1. The summed E-state index contributed by atoms with van der Waals surface area (Å²) in [6.45, 7) is 9.22. The first-order valence-corrected chi connectivity index (χ1v) is 25.0. The van der Waals surface area contributed by atoms with Gasteiger partial charge in [-0.3, -0.25) is 43.3 Å². The number of pyridine rings is 2. The number of likely N-dealkylation sites (tertiary alicyclic amines) is 1. The van der Waals surface area contributed by atoms with E-state index in [1.54, 1.807) is 10.6 Å². The van der Waals surface area contributed by atoms with Crippen molar-refractivity contribution in [2.45, 2.75) is 110 Å². The summed E-state index contributed by atoms with van der Waals surface area (Å²) in [5.41, 5.74) is 7.17. The largest absolute Gasteiger partial charge is 0.458 e. The van der Waals surface area contributed by atoms with Gasteiger partial charge in [0.1, 0.15) is 19.2 Å². The van der Waals surface area contributed by atoms with Crippen molar-refractivity contribution in [3.05, 3.63) is 97.6 Å². The molecule has 398 valence electrons. The van der Waals surface area contributed by atoms with Crippen LogP contribution in [0.4, 0.5) is 4.39 Å². The molecule has 2 aromatic carbocycles. The first kappa shape index (κ1) is 57.9. The van der Waals surface area contributed by atoms with Gasteiger partial charge in [-0.25, -0.2) is 14.2 Å². The van der Waals surface area contributed by atoms with Gasteiger partial charge < -0.3 is 45.7 Å². The SMILES string of the molecule is CC.COCNC(=O)CNC(=O)CNC(=O)CNC(=O)CNC(=O)CCCCCN1C(=O)CC(S)C1=O.Cc1c(F)cc2nc3c(c4c2c1CCC4C)Cn1c-3cc2c(c1=O)COC(=O)C2O.Cc1ccccc1. The van der Waals surface area contributed by atoms with E-state index in [-0.39, 0.29) is 86.4 Å². The number of unbranched alkanes of at least 4 members (excludes halogenated alkanes) is 2. The second-order valence-corrected chi connectivity index (χ2v) is 18.3. The van der Waals surface area contributed by atoms with Gasteiger partial charge in [-0.2, -0.15) is 12.6 Å². The molecule has 0 bridgehead atoms. The lowest BCUT2D eigenvalue weighted by Crippen LogP contribution is -2.45. The number of carbonyl (C=O) groups is 8. The number of aliphatic hydroxyl groups is 1. The van der Waals surface area contributed by atoms with Crippen LogP contribution in [-0.4, -0.2) is 119 Å². The highest BCUT2D eigenvalue weighted by atomic mass is 32.1. The Morgan fingerprint density at radius 3 is 2.01 bits per heavy atom. The molecule has 1 saturated heterocycles. The summed E-state index contributed by atoms with van der Waals surface area (Å²) in [6, 6.07) is 13.4. The van der Waals surface area contributed by atoms with Crippen molar-refractivity contribution in [3.63, 3.8) is 0 Å². The lowest BCUT2D eigenvalue weighted by atomic mass is 9.79. The van der Waals surface area contributed by atoms with Crippen molar-refractivity contribution in [1.29, 1.82) is 0 Å². The third kappa shape index (κ3) is 14.6. The Hall–Kier alpha value is -7.04. The number of halogens is 1. The predicted octanol–water partition coefficient (Wildman–Crippen LogP) is 2.82. The van der Waals surface area contributed by atoms with Crippen LogP contribution in [0.1, 0.15) is 110 Å². The normalized spacial score (nSPS) is 16.6. The second-order valence-electron chi connectivity index (χ2n) is 17.7. The summed E-state index contributed by atoms with van der Waals surface area (Å²) in [5.74, 6) is -3.90. The summed E-state index contributed by atoms with van der Waals surface area (Å²) in [7, 11) is 1.40. The van der Waals surface area contributed by atoms with Crippen LogP contribution in [0.5, 0.6) is 0 Å². The van der Waals surface area contributed by atoms with Crippen LogP contribution < -0.4 is 32.1 Å². The molecule has 4 aromatic rings. The van der Waals surface area contributed by atoms with Gasteiger partial charge in [-0.1, -0.05) is 63.1 Å². The molecule has 22 heteroatoms. The molecule has 2 aromatic heterocycles. The molecule has 4 aliphatic rings. The topological polar surface area (TPSA) is 274 Å². The molecule has 74 heavy (non-hydrogen) atoms. The zero-order valence-corrected chi connectivity index (χ0v) is 43.4. The average Bonchev–Trinajstić information content (AvgIpc) is 3.88. The number of carbonyl (C=O) groups excluding carboxylic acids is 8. The number of fused-ring (bicyclic) bond motifs is 5. The molecule has 6 N–H and O–H groups in total. The maximum Gasteiger partial charge on any atom is 0.340 e. The molecule has 1 fully saturated rings. The highest BCUT2D eigenvalue weighted by molar-refractivity contribution is 7.81. The molecular formula is C52H65FN8O12S. The Kier molecular flexibility index (Phi) is 21.3. The fourth-order valence-electron chi connectivity index (χ4n) is 8.71. The Morgan fingerprint density at radius 2 is 1.45 bits per heavy atom. The summed E-state index contributed by atoms with van der Waals surface area (Å²) in [4.78, 5) is 112. The van der Waals surface area contributed by atoms with Crippen LogP contribution in [-0.2, 0) is 67.4 Å². The summed E-state index contributed by atoms with van der Waals surface area (Å²) >= 11 is 4.05. The standard InChI is InChI=1S/C23H19FN2O4.C20H32N6O8S.C7H8.C2H6/c1-9-3-4-11-10(2)15(24)6-16-19(11)18(9)13-7-26-17(20(13)25-16)5-12-14(22(26)28)8-30-23(29)21(12)27;1-34-12-25-18(31)11-24-17(30)10-23-16(29)9-22-15(28)8-21-14(27)5-3-2-4-6-26-19(32)7-13(35)20(26)33;1-7-5-3-2-4-6-7;1-2/h5-6,9,21,27H,3-4,7-8H2,1-2H3;13,35H,2-12H2,1H3,(H,21,27)(H,22,28)(H,23,29)(H,24,30)(H,25,31);2-6H,1H3;1-2H3. The van der Waals surface area contributed by atoms with Gasteiger partial charge in [0.2, 0.25) is 41.4 Å². The molecule has 8 rings (SSSR count). The number of aliphatic hydroxyl groups excluding tert-OH is 1. The number of benzene rings is 2. The number of thiol groups is 1. The van der Waals surface area contributed by atoms with Gasteiger partial charge in [0.05, 0.1) is 60.4 Å². The van der Waals surface area contributed by atoms with E-state index in [2.05, 4.69) is 69.9 Å². The number of imide groups is 1. The van der Waals surface area contributed by atoms with E-state index in [0.717, 1.165) is 34.9 Å². The van der Waals surface area contributed by atoms with Crippen LogP contribution in [0.3, 0.4) is 0 Å². The van der Waals surface area contributed by atoms with Crippen molar-refractivity contribution in [2.24, 2.45) is 0 Å². The molecule has 3 atom stereocenters. The fraction of sp³-hybridized carbons (Fsp3) is 0.462. The summed E-state index contributed by atoms with van der Waals surface area (Å²) in [5, 5.41) is 22.4. The number of ether oxygens (including phenoxy) is 2. The Balaban J connectivity index is 0.000000235. The molecule has 0 spiro atoms. The zero-order chi connectivity index (χ0) is 54.2. The van der Waals surface area contributed by atoms with Crippen molar-refractivity contribution < 1.29 is 57.3 Å². The molecule has 3 unspecified atom stereocenters. The van der Waals surface area contributed by atoms with Crippen molar-refractivity contribution >= 4 is 70.9 Å². The number of cyclic esters (lactones) is 1. The first-order chi connectivity index (χ1) is 35.4. The van der Waals surface area contributed by atoms with E-state index in [1.807, 2.05) is 39.0 Å². The monoisotopic (exact) mass is 1040 g/mol. The molecule has 20 nitrogen and oxygen atoms in total. The van der Waals surface area contributed by atoms with Gasteiger partial charge in [0.15, 0.2) is 6.10 Å². The number of aryl methyl sites for hydroxylation is 2. The van der Waals surface area contributed by atoms with E-state index in [1.165, 1.54) is 23.6 Å². The zero-order valence-electron chi connectivity index (χ0n) is 42.5. The van der Waals surface area contributed by atoms with Crippen molar-refractivity contribution in [1.82, 2.24) is 41.0 Å². The average molecular weight is 1050 g/mol. The van der Waals surface area contributed by atoms with Crippen LogP contribution in [0.25, 0.3) is 22.3 Å². The van der Waals surface area contributed by atoms with Gasteiger partial charge in [0.25, 0.3) is 5.56 Å². The van der Waals surface area contributed by atoms with Crippen molar-refractivity contribution in [3.8, 4) is 11.4 Å². The number of hydrogen-bond acceptors (Lipinski definition) is 14. The van der Waals surface area contributed by atoms with E-state index in [4.69, 9.17) is 9.72 Å². The van der Waals surface area contributed by atoms with Gasteiger partial charge in [0, 0.05) is 49.1 Å². The third-order valence-corrected chi connectivity index (χ3v) is 13.0. The Bertz CT molecular complexity index is 2830. The number of nitrogens with one attached hydrogen (secondary N) is 5. The van der Waals surface area contributed by atoms with E-state index in [9.17, 15) is 52.6 Å². The lowest BCUT2D eigenvalue weighted by molar-refractivity contribution is -0.157. The van der Waals surface area contributed by atoms with Gasteiger partial charge in [-0.05, 0) is 68.2 Å². The number of rotatable bonds is 16. The summed E-state index contributed by atoms with van der Waals surface area (Å²) in [6.07, 6.45) is 2.22. The maximum absolute atomic E-state index is 14.6. The molecule has 0 saturated carbocycles. The Morgan fingerprint density at radius 1 is 0.838 bits per heavy atom. The number of nitrogens with zero attached hydrogens (tertiary/aromatic N) is 3. The molecule has 0 radical (unpaired) electrons. The third-order valence-electron chi connectivity index (χ3n) is 12.6. The molecule has 7 amide bonds. The minimum Gasteiger partial charge on any atom is -0.458 e. The highest BCUT2D eigenvalue weighted by Crippen LogP contribution is 2.45. The van der Waals surface area contributed by atoms with E-state index in [0.29, 0.717) is 60.4 Å². The van der Waals surface area contributed by atoms with E-state index < -0.39 is 47.5 Å².